The van der Waals surface area contributed by atoms with Gasteiger partial charge in [0.2, 0.25) is 0 Å². The van der Waals surface area contributed by atoms with Crippen LogP contribution in [0.5, 0.6) is 0 Å². The van der Waals surface area contributed by atoms with Gasteiger partial charge in [-0.15, -0.1) is 0 Å². The molecule has 14 heavy (non-hydrogen) atoms. The minimum absolute atomic E-state index is 0.208. The van der Waals surface area contributed by atoms with E-state index in [1.807, 2.05) is 30.3 Å². The number of hydrogen-bond acceptors (Lipinski definition) is 3. The van der Waals surface area contributed by atoms with Crippen molar-refractivity contribution >= 4 is 28.0 Å². The maximum atomic E-state index is 8.56. The quantitative estimate of drug-likeness (QED) is 0.381. The van der Waals surface area contributed by atoms with Gasteiger partial charge in [-0.3, -0.25) is 0 Å². The molecule has 4 heteroatoms. The molecule has 0 aliphatic heterocycles. The van der Waals surface area contributed by atoms with Gasteiger partial charge in [0.1, 0.15) is 0 Å². The van der Waals surface area contributed by atoms with Crippen molar-refractivity contribution in [3.8, 4) is 0 Å². The molecule has 1 aromatic rings. The fourth-order valence-corrected chi connectivity index (χ4v) is 1.30. The molecule has 3 nitrogen and oxygen atoms in total. The molecule has 0 saturated carbocycles. The Bertz CT molecular complexity index is 277. The van der Waals surface area contributed by atoms with Crippen molar-refractivity contribution in [2.45, 2.75) is 12.8 Å². The first kappa shape index (κ1) is 11.2. The number of nitrogens with zero attached hydrogens (tertiary/aromatic N) is 2. The van der Waals surface area contributed by atoms with Crippen LogP contribution in [-0.4, -0.2) is 17.9 Å². The molecule has 0 aliphatic rings. The lowest BCUT2D eigenvalue weighted by molar-refractivity contribution is 0.291. The Morgan fingerprint density at radius 2 is 2.07 bits per heavy atom. The summed E-state index contributed by atoms with van der Waals surface area (Å²) in [4.78, 5) is 0. The zero-order chi connectivity index (χ0) is 10.2. The largest absolute Gasteiger partial charge is 0.396 e. The number of hydrazone groups is 1. The number of aliphatic hydroxyl groups excluding tert-OH is 1. The van der Waals surface area contributed by atoms with Crippen molar-refractivity contribution in [2.75, 3.05) is 10.6 Å². The normalized spacial score (nSPS) is 10.7. The minimum Gasteiger partial charge on any atom is -0.396 e. The van der Waals surface area contributed by atoms with Crippen LogP contribution in [0, 0.1) is 0 Å². The highest BCUT2D eigenvalue weighted by Gasteiger charge is 1.96. The van der Waals surface area contributed by atoms with E-state index >= 15 is 0 Å². The van der Waals surface area contributed by atoms with E-state index < -0.39 is 0 Å². The standard InChI is InChI=1S/C10H13BrN2O/c11-13(12-8-4-5-9-14)10-6-2-1-3-7-10/h1-3,6-8,14H,4-5,9H2. The van der Waals surface area contributed by atoms with Crippen LogP contribution in [0.25, 0.3) is 0 Å². The van der Waals surface area contributed by atoms with Crippen molar-refractivity contribution in [1.29, 1.82) is 0 Å². The molecule has 76 valence electrons. The monoisotopic (exact) mass is 256 g/mol. The fraction of sp³-hybridized carbons (Fsp3) is 0.300. The van der Waals surface area contributed by atoms with Gasteiger partial charge >= 0.3 is 0 Å². The summed E-state index contributed by atoms with van der Waals surface area (Å²) in [7, 11) is 0. The second-order valence-corrected chi connectivity index (χ2v) is 3.43. The molecule has 0 spiro atoms. The highest BCUT2D eigenvalue weighted by atomic mass is 79.9. The molecule has 1 aromatic carbocycles. The van der Waals surface area contributed by atoms with Crippen LogP contribution < -0.4 is 4.03 Å². The molecule has 0 radical (unpaired) electrons. The van der Waals surface area contributed by atoms with Gasteiger partial charge in [0.05, 0.1) is 21.8 Å². The Morgan fingerprint density at radius 3 is 2.71 bits per heavy atom. The van der Waals surface area contributed by atoms with Crippen molar-refractivity contribution in [2.24, 2.45) is 5.10 Å². The third-order valence-electron chi connectivity index (χ3n) is 1.64. The molecule has 0 atom stereocenters. The number of hydrogen-bond donors (Lipinski definition) is 1. The summed E-state index contributed by atoms with van der Waals surface area (Å²) in [6.45, 7) is 0.208. The molecule has 0 bridgehead atoms. The molecule has 0 saturated heterocycles. The Labute approximate surface area is 92.4 Å². The predicted octanol–water partition coefficient (Wildman–Crippen LogP) is 2.56. The average Bonchev–Trinajstić information content (AvgIpc) is 2.25. The summed E-state index contributed by atoms with van der Waals surface area (Å²) in [5.41, 5.74) is 0.979. The van der Waals surface area contributed by atoms with Gasteiger partial charge < -0.3 is 5.11 Å². The second-order valence-electron chi connectivity index (χ2n) is 2.76. The highest BCUT2D eigenvalue weighted by Crippen LogP contribution is 2.16. The molecule has 0 aliphatic carbocycles. The van der Waals surface area contributed by atoms with E-state index in [1.165, 1.54) is 0 Å². The number of benzene rings is 1. The third-order valence-corrected chi connectivity index (χ3v) is 2.24. The lowest BCUT2D eigenvalue weighted by Crippen LogP contribution is -1.99. The summed E-state index contributed by atoms with van der Waals surface area (Å²) in [6, 6.07) is 9.77. The summed E-state index contributed by atoms with van der Waals surface area (Å²) in [5.74, 6) is 0. The van der Waals surface area contributed by atoms with Gasteiger partial charge in [0, 0.05) is 12.8 Å². The molecular formula is C10H13BrN2O. The lowest BCUT2D eigenvalue weighted by atomic mass is 10.3. The number of anilines is 1. The third kappa shape index (κ3) is 3.89. The van der Waals surface area contributed by atoms with Gasteiger partial charge in [-0.1, -0.05) is 18.2 Å². The second kappa shape index (κ2) is 6.56. The average molecular weight is 257 g/mol. The molecule has 0 fully saturated rings. The minimum atomic E-state index is 0.208. The van der Waals surface area contributed by atoms with E-state index in [4.69, 9.17) is 5.11 Å². The maximum Gasteiger partial charge on any atom is 0.0750 e. The Hall–Kier alpha value is -0.870. The van der Waals surface area contributed by atoms with Crippen molar-refractivity contribution in [3.63, 3.8) is 0 Å². The topological polar surface area (TPSA) is 35.8 Å². The van der Waals surface area contributed by atoms with E-state index in [0.717, 1.165) is 18.5 Å². The van der Waals surface area contributed by atoms with Crippen molar-refractivity contribution in [3.05, 3.63) is 30.3 Å². The summed E-state index contributed by atoms with van der Waals surface area (Å²) < 4.78 is 1.63. The van der Waals surface area contributed by atoms with Gasteiger partial charge in [-0.2, -0.15) is 9.14 Å². The van der Waals surface area contributed by atoms with E-state index in [-0.39, 0.29) is 6.61 Å². The van der Waals surface area contributed by atoms with Gasteiger partial charge in [-0.05, 0) is 25.0 Å². The molecule has 0 aromatic heterocycles. The van der Waals surface area contributed by atoms with Crippen LogP contribution in [0.3, 0.4) is 0 Å². The first-order valence-corrected chi connectivity index (χ1v) is 5.20. The van der Waals surface area contributed by atoms with E-state index in [1.54, 1.807) is 10.2 Å². The fourth-order valence-electron chi connectivity index (χ4n) is 0.930. The van der Waals surface area contributed by atoms with Crippen molar-refractivity contribution < 1.29 is 5.11 Å². The van der Waals surface area contributed by atoms with Crippen LogP contribution in [0.4, 0.5) is 5.69 Å². The summed E-state index contributed by atoms with van der Waals surface area (Å²) >= 11 is 3.31. The smallest absolute Gasteiger partial charge is 0.0750 e. The molecule has 0 heterocycles. The zero-order valence-electron chi connectivity index (χ0n) is 7.81. The van der Waals surface area contributed by atoms with Crippen LogP contribution in [-0.2, 0) is 0 Å². The first-order chi connectivity index (χ1) is 6.84. The Kier molecular flexibility index (Phi) is 5.25. The lowest BCUT2D eigenvalue weighted by Gasteiger charge is -2.08. The first-order valence-electron chi connectivity index (χ1n) is 4.49. The van der Waals surface area contributed by atoms with Crippen LogP contribution in [0.2, 0.25) is 0 Å². The number of unbranched alkanes of at least 4 members (excludes halogenated alkanes) is 1. The zero-order valence-corrected chi connectivity index (χ0v) is 9.39. The highest BCUT2D eigenvalue weighted by molar-refractivity contribution is 9.10. The SMILES string of the molecule is OCCCC=NN(Br)c1ccccc1. The van der Waals surface area contributed by atoms with Crippen molar-refractivity contribution in [1.82, 2.24) is 0 Å². The molecule has 0 unspecified atom stereocenters. The van der Waals surface area contributed by atoms with E-state index in [2.05, 4.69) is 21.2 Å². The predicted molar refractivity (Wildman–Crippen MR) is 62.7 cm³/mol. The van der Waals surface area contributed by atoms with Crippen LogP contribution in [0.1, 0.15) is 12.8 Å². The number of para-hydroxylation sites is 1. The molecule has 1 rings (SSSR count). The summed E-state index contributed by atoms with van der Waals surface area (Å²) in [6.07, 6.45) is 3.31. The van der Waals surface area contributed by atoms with Gasteiger partial charge in [0.15, 0.2) is 0 Å². The van der Waals surface area contributed by atoms with Gasteiger partial charge in [-0.25, -0.2) is 0 Å². The molecule has 0 amide bonds. The van der Waals surface area contributed by atoms with E-state index in [0.29, 0.717) is 0 Å². The van der Waals surface area contributed by atoms with Crippen LogP contribution in [0.15, 0.2) is 35.4 Å². The number of aliphatic hydroxyl groups is 1. The Morgan fingerprint density at radius 1 is 1.36 bits per heavy atom. The summed E-state index contributed by atoms with van der Waals surface area (Å²) in [5, 5.41) is 12.7. The number of rotatable bonds is 5. The molecule has 1 N–H and O–H groups in total. The maximum absolute atomic E-state index is 8.56. The Balaban J connectivity index is 2.42. The van der Waals surface area contributed by atoms with E-state index in [9.17, 15) is 0 Å². The van der Waals surface area contributed by atoms with Gasteiger partial charge in [0.25, 0.3) is 0 Å². The number of halogens is 1. The van der Waals surface area contributed by atoms with Crippen LogP contribution >= 0.6 is 16.1 Å². The molecular weight excluding hydrogens is 244 g/mol.